The highest BCUT2D eigenvalue weighted by molar-refractivity contribution is 7.80. The molecule has 0 amide bonds. The van der Waals surface area contributed by atoms with Gasteiger partial charge in [-0.05, 0) is 30.6 Å². The fraction of sp³-hybridized carbons (Fsp3) is 0.300. The summed E-state index contributed by atoms with van der Waals surface area (Å²) in [5, 5.41) is 0.132. The van der Waals surface area contributed by atoms with Crippen molar-refractivity contribution in [2.45, 2.75) is 12.8 Å². The Morgan fingerprint density at radius 3 is 2.62 bits per heavy atom. The minimum absolute atomic E-state index is 0.132. The smallest absolute Gasteiger partial charge is 0.253 e. The number of ether oxygens (including phenoxy) is 1. The van der Waals surface area contributed by atoms with Gasteiger partial charge < -0.3 is 10.5 Å². The summed E-state index contributed by atoms with van der Waals surface area (Å²) in [6.07, 6.45) is 1.95. The third-order valence-corrected chi connectivity index (χ3v) is 1.81. The molecule has 2 N–H and O–H groups in total. The molecule has 0 radical (unpaired) electrons. The van der Waals surface area contributed by atoms with Gasteiger partial charge in [-0.25, -0.2) is 0 Å². The predicted octanol–water partition coefficient (Wildman–Crippen LogP) is 1.88. The summed E-state index contributed by atoms with van der Waals surface area (Å²) in [5.74, 6) is 0. The maximum atomic E-state index is 5.18. The lowest BCUT2D eigenvalue weighted by atomic mass is 10.1. The number of nitrogens with two attached hydrogens (primary N) is 1. The van der Waals surface area contributed by atoms with Crippen molar-refractivity contribution in [2.24, 2.45) is 5.73 Å². The average Bonchev–Trinajstić information content (AvgIpc) is 2.14. The third kappa shape index (κ3) is 4.48. The topological polar surface area (TPSA) is 35.2 Å². The Kier molecular flexibility index (Phi) is 4.26. The van der Waals surface area contributed by atoms with E-state index in [1.165, 1.54) is 5.56 Å². The number of hydrogen-bond acceptors (Lipinski definition) is 2. The molecule has 0 aliphatic carbocycles. The largest absolute Gasteiger partial charge is 0.471 e. The van der Waals surface area contributed by atoms with E-state index < -0.39 is 0 Å². The number of hydrogen-bond donors (Lipinski definition) is 1. The lowest BCUT2D eigenvalue weighted by Crippen LogP contribution is -2.13. The Morgan fingerprint density at radius 1 is 1.31 bits per heavy atom. The van der Waals surface area contributed by atoms with E-state index in [0.29, 0.717) is 6.61 Å². The van der Waals surface area contributed by atoms with Crippen LogP contribution in [-0.2, 0) is 11.2 Å². The van der Waals surface area contributed by atoms with Gasteiger partial charge >= 0.3 is 0 Å². The maximum absolute atomic E-state index is 5.18. The van der Waals surface area contributed by atoms with E-state index in [2.05, 4.69) is 24.4 Å². The molecule has 0 aromatic heterocycles. The quantitative estimate of drug-likeness (QED) is 0.588. The first-order valence-corrected chi connectivity index (χ1v) is 4.66. The second-order valence-corrected chi connectivity index (χ2v) is 3.16. The van der Waals surface area contributed by atoms with E-state index in [0.717, 1.165) is 12.8 Å². The summed E-state index contributed by atoms with van der Waals surface area (Å²) >= 11 is 4.58. The summed E-state index contributed by atoms with van der Waals surface area (Å²) in [5.41, 5.74) is 6.50. The van der Waals surface area contributed by atoms with Crippen LogP contribution in [0, 0.1) is 0 Å². The molecule has 1 aromatic rings. The second kappa shape index (κ2) is 5.54. The Balaban J connectivity index is 2.17. The van der Waals surface area contributed by atoms with Crippen molar-refractivity contribution in [3.63, 3.8) is 0 Å². The molecule has 2 nitrogen and oxygen atoms in total. The summed E-state index contributed by atoms with van der Waals surface area (Å²) < 4.78 is 4.97. The molecule has 70 valence electrons. The predicted molar refractivity (Wildman–Crippen MR) is 57.5 cm³/mol. The van der Waals surface area contributed by atoms with Gasteiger partial charge in [0.15, 0.2) is 0 Å². The molecule has 0 fully saturated rings. The van der Waals surface area contributed by atoms with Crippen LogP contribution in [0.15, 0.2) is 30.3 Å². The van der Waals surface area contributed by atoms with Crippen LogP contribution >= 0.6 is 12.2 Å². The zero-order chi connectivity index (χ0) is 9.52. The summed E-state index contributed by atoms with van der Waals surface area (Å²) in [4.78, 5) is 0. The van der Waals surface area contributed by atoms with E-state index in [4.69, 9.17) is 10.5 Å². The summed E-state index contributed by atoms with van der Waals surface area (Å²) in [7, 11) is 0. The fourth-order valence-electron chi connectivity index (χ4n) is 1.09. The normalized spacial score (nSPS) is 9.54. The monoisotopic (exact) mass is 195 g/mol. The maximum Gasteiger partial charge on any atom is 0.253 e. The molecular formula is C10H13NOS. The van der Waals surface area contributed by atoms with Crippen molar-refractivity contribution in [3.05, 3.63) is 35.9 Å². The molecule has 0 aliphatic rings. The van der Waals surface area contributed by atoms with Gasteiger partial charge in [0.1, 0.15) is 0 Å². The zero-order valence-electron chi connectivity index (χ0n) is 7.40. The van der Waals surface area contributed by atoms with E-state index in [9.17, 15) is 0 Å². The Morgan fingerprint density at radius 2 is 2.00 bits per heavy atom. The molecule has 1 rings (SSSR count). The first-order chi connectivity index (χ1) is 6.29. The van der Waals surface area contributed by atoms with Crippen LogP contribution in [-0.4, -0.2) is 11.8 Å². The van der Waals surface area contributed by atoms with Crippen LogP contribution in [0.2, 0.25) is 0 Å². The van der Waals surface area contributed by atoms with Gasteiger partial charge in [0.2, 0.25) is 0 Å². The number of thiocarbonyl (C=S) groups is 1. The molecule has 0 unspecified atom stereocenters. The van der Waals surface area contributed by atoms with E-state index >= 15 is 0 Å². The first kappa shape index (κ1) is 9.99. The Labute approximate surface area is 83.7 Å². The molecule has 0 aliphatic heterocycles. The van der Waals surface area contributed by atoms with Crippen LogP contribution in [0.3, 0.4) is 0 Å². The molecule has 1 aromatic carbocycles. The third-order valence-electron chi connectivity index (χ3n) is 1.70. The van der Waals surface area contributed by atoms with Crippen molar-refractivity contribution < 1.29 is 4.74 Å². The average molecular weight is 195 g/mol. The van der Waals surface area contributed by atoms with Gasteiger partial charge in [0.25, 0.3) is 5.17 Å². The minimum atomic E-state index is 0.132. The van der Waals surface area contributed by atoms with Crippen LogP contribution < -0.4 is 5.73 Å². The molecule has 13 heavy (non-hydrogen) atoms. The molecule has 0 saturated heterocycles. The van der Waals surface area contributed by atoms with Crippen LogP contribution in [0.4, 0.5) is 0 Å². The van der Waals surface area contributed by atoms with Gasteiger partial charge in [-0.15, -0.1) is 0 Å². The molecule has 0 spiro atoms. The fourth-order valence-corrected chi connectivity index (χ4v) is 1.18. The second-order valence-electron chi connectivity index (χ2n) is 2.76. The summed E-state index contributed by atoms with van der Waals surface area (Å²) in [6, 6.07) is 10.3. The van der Waals surface area contributed by atoms with Crippen LogP contribution in [0.1, 0.15) is 12.0 Å². The van der Waals surface area contributed by atoms with Crippen molar-refractivity contribution in [2.75, 3.05) is 6.61 Å². The van der Waals surface area contributed by atoms with Gasteiger partial charge in [0, 0.05) is 0 Å². The van der Waals surface area contributed by atoms with Crippen LogP contribution in [0.25, 0.3) is 0 Å². The zero-order valence-corrected chi connectivity index (χ0v) is 8.22. The van der Waals surface area contributed by atoms with Gasteiger partial charge in [-0.3, -0.25) is 0 Å². The molecular weight excluding hydrogens is 182 g/mol. The van der Waals surface area contributed by atoms with E-state index in [1.54, 1.807) is 0 Å². The van der Waals surface area contributed by atoms with Gasteiger partial charge in [-0.1, -0.05) is 30.3 Å². The molecule has 0 saturated carbocycles. The number of benzene rings is 1. The van der Waals surface area contributed by atoms with E-state index in [-0.39, 0.29) is 5.17 Å². The molecule has 0 heterocycles. The lowest BCUT2D eigenvalue weighted by Gasteiger charge is -2.02. The SMILES string of the molecule is NC(=S)OCCCc1ccccc1. The highest BCUT2D eigenvalue weighted by Crippen LogP contribution is 2.01. The first-order valence-electron chi connectivity index (χ1n) is 4.25. The standard InChI is InChI=1S/C10H13NOS/c11-10(13)12-8-4-7-9-5-2-1-3-6-9/h1-3,5-6H,4,7-8H2,(H2,11,13). The molecule has 0 atom stereocenters. The highest BCUT2D eigenvalue weighted by Gasteiger charge is 1.92. The summed E-state index contributed by atoms with van der Waals surface area (Å²) in [6.45, 7) is 0.601. The molecule has 0 bridgehead atoms. The highest BCUT2D eigenvalue weighted by atomic mass is 32.1. The number of rotatable bonds is 4. The van der Waals surface area contributed by atoms with Crippen molar-refractivity contribution in [1.82, 2.24) is 0 Å². The van der Waals surface area contributed by atoms with E-state index in [1.807, 2.05) is 18.2 Å². The van der Waals surface area contributed by atoms with Crippen molar-refractivity contribution in [3.8, 4) is 0 Å². The Hall–Kier alpha value is -1.09. The van der Waals surface area contributed by atoms with Gasteiger partial charge in [0.05, 0.1) is 6.61 Å². The van der Waals surface area contributed by atoms with Crippen molar-refractivity contribution >= 4 is 17.4 Å². The minimum Gasteiger partial charge on any atom is -0.471 e. The van der Waals surface area contributed by atoms with Crippen LogP contribution in [0.5, 0.6) is 0 Å². The lowest BCUT2D eigenvalue weighted by molar-refractivity contribution is 0.302. The van der Waals surface area contributed by atoms with Crippen molar-refractivity contribution in [1.29, 1.82) is 0 Å². The Bertz CT molecular complexity index is 261. The number of aryl methyl sites for hydroxylation is 1. The van der Waals surface area contributed by atoms with Gasteiger partial charge in [-0.2, -0.15) is 0 Å². The molecule has 3 heteroatoms.